The van der Waals surface area contributed by atoms with E-state index in [0.29, 0.717) is 34.0 Å². The number of ether oxygens (including phenoxy) is 1. The zero-order valence-electron chi connectivity index (χ0n) is 18.7. The first-order valence-electron chi connectivity index (χ1n) is 11.1. The summed E-state index contributed by atoms with van der Waals surface area (Å²) in [5, 5.41) is 9.84. The Hall–Kier alpha value is -3.04. The Morgan fingerprint density at radius 1 is 1.15 bits per heavy atom. The SMILES string of the molecule is CCCCCOc1cccc(C2c3c(oc4ccc(Br)cc4c3=O)C(=O)N2c2nnc(C)s2)c1. The standard InChI is InChI=1S/C25H22BrN3O4S/c1-3-4-5-11-32-17-8-6-7-15(12-17)21-20-22(30)18-13-16(26)9-10-19(18)33-23(20)24(31)29(21)25-28-27-14(2)34-25/h6-10,12-13,21H,3-5,11H2,1-2H3. The van der Waals surface area contributed by atoms with Crippen molar-refractivity contribution in [2.24, 2.45) is 0 Å². The van der Waals surface area contributed by atoms with Gasteiger partial charge in [0, 0.05) is 4.47 Å². The molecule has 0 N–H and O–H groups in total. The summed E-state index contributed by atoms with van der Waals surface area (Å²) in [7, 11) is 0. The van der Waals surface area contributed by atoms with E-state index in [1.165, 1.54) is 16.2 Å². The number of amides is 1. The van der Waals surface area contributed by atoms with E-state index < -0.39 is 11.9 Å². The van der Waals surface area contributed by atoms with Crippen LogP contribution >= 0.6 is 27.3 Å². The van der Waals surface area contributed by atoms with Gasteiger partial charge in [-0.1, -0.05) is 59.2 Å². The van der Waals surface area contributed by atoms with E-state index in [9.17, 15) is 9.59 Å². The molecular formula is C25H22BrN3O4S. The molecule has 0 aliphatic carbocycles. The molecule has 3 heterocycles. The molecule has 1 aliphatic rings. The van der Waals surface area contributed by atoms with Crippen molar-refractivity contribution in [3.05, 3.63) is 79.1 Å². The number of aryl methyl sites for hydroxylation is 1. The molecule has 7 nitrogen and oxygen atoms in total. The number of nitrogens with zero attached hydrogens (tertiary/aromatic N) is 3. The molecule has 5 rings (SSSR count). The molecule has 4 aromatic rings. The highest BCUT2D eigenvalue weighted by Gasteiger charge is 2.45. The molecule has 0 saturated carbocycles. The molecule has 0 radical (unpaired) electrons. The molecule has 2 aromatic carbocycles. The second kappa shape index (κ2) is 9.31. The zero-order chi connectivity index (χ0) is 23.8. The van der Waals surface area contributed by atoms with Crippen LogP contribution in [0.4, 0.5) is 5.13 Å². The Bertz CT molecular complexity index is 1450. The summed E-state index contributed by atoms with van der Waals surface area (Å²) < 4.78 is 12.7. The Balaban J connectivity index is 1.66. The van der Waals surface area contributed by atoms with Gasteiger partial charge in [-0.05, 0) is 49.2 Å². The summed E-state index contributed by atoms with van der Waals surface area (Å²) >= 11 is 4.72. The van der Waals surface area contributed by atoms with Gasteiger partial charge in [-0.3, -0.25) is 14.5 Å². The highest BCUT2D eigenvalue weighted by molar-refractivity contribution is 9.10. The Labute approximate surface area is 208 Å². The van der Waals surface area contributed by atoms with Crippen molar-refractivity contribution >= 4 is 49.3 Å². The van der Waals surface area contributed by atoms with Crippen LogP contribution in [0.15, 0.2) is 56.1 Å². The fourth-order valence-electron chi connectivity index (χ4n) is 4.16. The number of hydrogen-bond acceptors (Lipinski definition) is 7. The highest BCUT2D eigenvalue weighted by Crippen LogP contribution is 2.42. The lowest BCUT2D eigenvalue weighted by Crippen LogP contribution is -2.29. The van der Waals surface area contributed by atoms with Gasteiger partial charge in [0.1, 0.15) is 16.3 Å². The number of carbonyl (C=O) groups excluding carboxylic acids is 1. The predicted molar refractivity (Wildman–Crippen MR) is 135 cm³/mol. The number of aromatic nitrogens is 2. The average Bonchev–Trinajstić information content (AvgIpc) is 3.38. The number of carbonyl (C=O) groups is 1. The lowest BCUT2D eigenvalue weighted by atomic mass is 9.98. The molecule has 0 bridgehead atoms. The van der Waals surface area contributed by atoms with Gasteiger partial charge < -0.3 is 9.15 Å². The van der Waals surface area contributed by atoms with Crippen molar-refractivity contribution in [2.75, 3.05) is 11.5 Å². The largest absolute Gasteiger partial charge is 0.494 e. The van der Waals surface area contributed by atoms with Crippen LogP contribution in [0.3, 0.4) is 0 Å². The van der Waals surface area contributed by atoms with E-state index in [0.717, 1.165) is 34.3 Å². The smallest absolute Gasteiger partial charge is 0.297 e. The number of anilines is 1. The van der Waals surface area contributed by atoms with Gasteiger partial charge in [0.15, 0.2) is 5.43 Å². The molecule has 1 amide bonds. The minimum atomic E-state index is -0.700. The van der Waals surface area contributed by atoms with E-state index >= 15 is 0 Å². The van der Waals surface area contributed by atoms with Crippen molar-refractivity contribution in [2.45, 2.75) is 39.2 Å². The second-order valence-electron chi connectivity index (χ2n) is 8.12. The first kappa shape index (κ1) is 22.7. The Morgan fingerprint density at radius 2 is 2.00 bits per heavy atom. The summed E-state index contributed by atoms with van der Waals surface area (Å²) in [6, 6.07) is 12.0. The maximum absolute atomic E-state index is 13.7. The fourth-order valence-corrected chi connectivity index (χ4v) is 5.23. The highest BCUT2D eigenvalue weighted by atomic mass is 79.9. The van der Waals surface area contributed by atoms with Crippen LogP contribution in [0, 0.1) is 6.92 Å². The maximum Gasteiger partial charge on any atom is 0.297 e. The van der Waals surface area contributed by atoms with Crippen LogP contribution in [0.5, 0.6) is 5.75 Å². The summed E-state index contributed by atoms with van der Waals surface area (Å²) in [6.07, 6.45) is 3.17. The first-order valence-corrected chi connectivity index (χ1v) is 12.7. The normalized spacial score (nSPS) is 15.2. The molecule has 0 fully saturated rings. The molecule has 1 unspecified atom stereocenters. The minimum absolute atomic E-state index is 0.0342. The Kier molecular flexibility index (Phi) is 6.22. The fraction of sp³-hybridized carbons (Fsp3) is 0.280. The molecule has 2 aromatic heterocycles. The summed E-state index contributed by atoms with van der Waals surface area (Å²) in [5.74, 6) is 0.315. The van der Waals surface area contributed by atoms with Crippen molar-refractivity contribution in [3.8, 4) is 5.75 Å². The molecule has 1 aliphatic heterocycles. The second-order valence-corrected chi connectivity index (χ2v) is 10.2. The molecule has 1 atom stereocenters. The molecule has 34 heavy (non-hydrogen) atoms. The van der Waals surface area contributed by atoms with Crippen LogP contribution in [-0.2, 0) is 0 Å². The summed E-state index contributed by atoms with van der Waals surface area (Å²) in [6.45, 7) is 4.58. The number of hydrogen-bond donors (Lipinski definition) is 0. The van der Waals surface area contributed by atoms with Gasteiger partial charge in [0.25, 0.3) is 5.91 Å². The van der Waals surface area contributed by atoms with Crippen LogP contribution in [0.25, 0.3) is 11.0 Å². The van der Waals surface area contributed by atoms with Gasteiger partial charge >= 0.3 is 0 Å². The number of benzene rings is 2. The lowest BCUT2D eigenvalue weighted by molar-refractivity contribution is 0.0970. The van der Waals surface area contributed by atoms with Crippen LogP contribution in [-0.4, -0.2) is 22.7 Å². The van der Waals surface area contributed by atoms with Gasteiger partial charge in [0.2, 0.25) is 10.9 Å². The van der Waals surface area contributed by atoms with Crippen LogP contribution < -0.4 is 15.1 Å². The molecule has 9 heteroatoms. The first-order chi connectivity index (χ1) is 16.5. The topological polar surface area (TPSA) is 85.5 Å². The predicted octanol–water partition coefficient (Wildman–Crippen LogP) is 6.03. The molecule has 0 spiro atoms. The molecular weight excluding hydrogens is 518 g/mol. The Morgan fingerprint density at radius 3 is 2.76 bits per heavy atom. The lowest BCUT2D eigenvalue weighted by Gasteiger charge is -2.22. The quantitative estimate of drug-likeness (QED) is 0.266. The van der Waals surface area contributed by atoms with Crippen molar-refractivity contribution < 1.29 is 13.9 Å². The molecule has 0 saturated heterocycles. The molecule has 174 valence electrons. The van der Waals surface area contributed by atoms with Crippen molar-refractivity contribution in [1.29, 1.82) is 0 Å². The number of unbranched alkanes of at least 4 members (excludes halogenated alkanes) is 2. The third-order valence-corrected chi connectivity index (χ3v) is 7.08. The monoisotopic (exact) mass is 539 g/mol. The van der Waals surface area contributed by atoms with E-state index in [1.807, 2.05) is 31.2 Å². The van der Waals surface area contributed by atoms with Crippen molar-refractivity contribution in [1.82, 2.24) is 10.2 Å². The van der Waals surface area contributed by atoms with Crippen LogP contribution in [0.1, 0.15) is 58.9 Å². The zero-order valence-corrected chi connectivity index (χ0v) is 21.1. The van der Waals surface area contributed by atoms with Gasteiger partial charge in [-0.15, -0.1) is 10.2 Å². The minimum Gasteiger partial charge on any atom is -0.494 e. The third kappa shape index (κ3) is 4.03. The van der Waals surface area contributed by atoms with Crippen molar-refractivity contribution in [3.63, 3.8) is 0 Å². The number of rotatable bonds is 7. The van der Waals surface area contributed by atoms with Gasteiger partial charge in [0.05, 0.1) is 23.6 Å². The van der Waals surface area contributed by atoms with E-state index in [2.05, 4.69) is 33.1 Å². The van der Waals surface area contributed by atoms with E-state index in [-0.39, 0.29) is 11.2 Å². The van der Waals surface area contributed by atoms with E-state index in [1.54, 1.807) is 18.2 Å². The summed E-state index contributed by atoms with van der Waals surface area (Å²) in [4.78, 5) is 28.8. The van der Waals surface area contributed by atoms with Gasteiger partial charge in [-0.2, -0.15) is 0 Å². The number of fused-ring (bicyclic) bond motifs is 2. The third-order valence-electron chi connectivity index (χ3n) is 5.74. The van der Waals surface area contributed by atoms with Crippen LogP contribution in [0.2, 0.25) is 0 Å². The van der Waals surface area contributed by atoms with Gasteiger partial charge in [-0.25, -0.2) is 0 Å². The summed E-state index contributed by atoms with van der Waals surface area (Å²) in [5.41, 5.74) is 1.16. The average molecular weight is 540 g/mol. The number of halogens is 1. The van der Waals surface area contributed by atoms with E-state index in [4.69, 9.17) is 9.15 Å². The maximum atomic E-state index is 13.7.